The zero-order valence-corrected chi connectivity index (χ0v) is 12.7. The molecule has 0 aliphatic rings. The second kappa shape index (κ2) is 6.04. The Morgan fingerprint density at radius 1 is 1.14 bits per heavy atom. The van der Waals surface area contributed by atoms with Crippen molar-refractivity contribution >= 4 is 34.2 Å². The summed E-state index contributed by atoms with van der Waals surface area (Å²) in [6.45, 7) is 0.428. The van der Waals surface area contributed by atoms with E-state index in [1.807, 2.05) is 28.8 Å². The fourth-order valence-corrected chi connectivity index (χ4v) is 2.74. The van der Waals surface area contributed by atoms with E-state index in [4.69, 9.17) is 23.2 Å². The lowest BCUT2D eigenvalue weighted by atomic mass is 10.2. The summed E-state index contributed by atoms with van der Waals surface area (Å²) >= 11 is 11.9. The normalized spacial score (nSPS) is 11.2. The zero-order valence-electron chi connectivity index (χ0n) is 11.2. The highest BCUT2D eigenvalue weighted by Crippen LogP contribution is 2.23. The molecule has 108 valence electrons. The molecule has 3 rings (SSSR count). The number of hydrogen-bond donors (Lipinski definition) is 0. The van der Waals surface area contributed by atoms with E-state index in [0.29, 0.717) is 29.4 Å². The number of fused-ring (bicyclic) bond motifs is 1. The molecule has 0 saturated heterocycles. The first-order valence-corrected chi connectivity index (χ1v) is 7.54. The number of aryl methyl sites for hydroxylation is 1. The third kappa shape index (κ3) is 2.89. The molecule has 0 spiro atoms. The highest BCUT2D eigenvalue weighted by Gasteiger charge is 2.12. The molecule has 0 saturated carbocycles. The van der Waals surface area contributed by atoms with E-state index in [9.17, 15) is 4.39 Å². The van der Waals surface area contributed by atoms with Crippen molar-refractivity contribution in [2.45, 2.75) is 13.0 Å². The summed E-state index contributed by atoms with van der Waals surface area (Å²) in [5, 5.41) is 0.635. The molecule has 5 heteroatoms. The number of aromatic nitrogens is 2. The monoisotopic (exact) mass is 322 g/mol. The molecule has 2 aromatic carbocycles. The van der Waals surface area contributed by atoms with Gasteiger partial charge >= 0.3 is 0 Å². The SMILES string of the molecule is Fc1ccccc1Cn1c(CCCl)nc2cc(Cl)ccc21. The topological polar surface area (TPSA) is 17.8 Å². The van der Waals surface area contributed by atoms with E-state index in [1.54, 1.807) is 12.1 Å². The Labute approximate surface area is 132 Å². The van der Waals surface area contributed by atoms with Crippen LogP contribution in [-0.2, 0) is 13.0 Å². The Hall–Kier alpha value is -1.58. The summed E-state index contributed by atoms with van der Waals surface area (Å²) in [6.07, 6.45) is 0.627. The number of halogens is 3. The van der Waals surface area contributed by atoms with Gasteiger partial charge in [0.15, 0.2) is 0 Å². The van der Waals surface area contributed by atoms with Gasteiger partial charge in [0, 0.05) is 22.9 Å². The van der Waals surface area contributed by atoms with Crippen molar-refractivity contribution in [1.82, 2.24) is 9.55 Å². The second-order valence-corrected chi connectivity index (χ2v) is 5.59. The van der Waals surface area contributed by atoms with Crippen LogP contribution in [0, 0.1) is 5.82 Å². The van der Waals surface area contributed by atoms with Gasteiger partial charge in [-0.15, -0.1) is 11.6 Å². The lowest BCUT2D eigenvalue weighted by Gasteiger charge is -2.09. The van der Waals surface area contributed by atoms with Crippen molar-refractivity contribution in [3.05, 3.63) is 64.7 Å². The van der Waals surface area contributed by atoms with Crippen LogP contribution in [0.4, 0.5) is 4.39 Å². The second-order valence-electron chi connectivity index (χ2n) is 4.78. The lowest BCUT2D eigenvalue weighted by Crippen LogP contribution is -2.07. The molecule has 0 radical (unpaired) electrons. The summed E-state index contributed by atoms with van der Waals surface area (Å²) in [4.78, 5) is 4.56. The van der Waals surface area contributed by atoms with Gasteiger partial charge in [-0.05, 0) is 24.3 Å². The molecule has 1 aromatic heterocycles. The number of rotatable bonds is 4. The Bertz CT molecular complexity index is 783. The molecule has 0 N–H and O–H groups in total. The Morgan fingerprint density at radius 3 is 2.71 bits per heavy atom. The number of benzene rings is 2. The van der Waals surface area contributed by atoms with Crippen LogP contribution in [0.2, 0.25) is 5.02 Å². The third-order valence-corrected chi connectivity index (χ3v) is 3.82. The van der Waals surface area contributed by atoms with Gasteiger partial charge in [-0.3, -0.25) is 0 Å². The first kappa shape index (κ1) is 14.4. The maximum atomic E-state index is 13.9. The third-order valence-electron chi connectivity index (χ3n) is 3.39. The van der Waals surface area contributed by atoms with Crippen LogP contribution < -0.4 is 0 Å². The highest BCUT2D eigenvalue weighted by molar-refractivity contribution is 6.31. The van der Waals surface area contributed by atoms with Gasteiger partial charge in [0.1, 0.15) is 11.6 Å². The molecule has 0 aliphatic carbocycles. The van der Waals surface area contributed by atoms with E-state index >= 15 is 0 Å². The van der Waals surface area contributed by atoms with E-state index in [0.717, 1.165) is 16.9 Å². The molecule has 1 heterocycles. The molecule has 21 heavy (non-hydrogen) atoms. The Balaban J connectivity index is 2.11. The van der Waals surface area contributed by atoms with Crippen molar-refractivity contribution in [2.75, 3.05) is 5.88 Å². The van der Waals surface area contributed by atoms with Crippen LogP contribution in [0.15, 0.2) is 42.5 Å². The first-order chi connectivity index (χ1) is 10.2. The smallest absolute Gasteiger partial charge is 0.128 e. The summed E-state index contributed by atoms with van der Waals surface area (Å²) in [5.41, 5.74) is 2.37. The molecule has 3 aromatic rings. The van der Waals surface area contributed by atoms with Crippen molar-refractivity contribution in [3.63, 3.8) is 0 Å². The predicted molar refractivity (Wildman–Crippen MR) is 84.7 cm³/mol. The summed E-state index contributed by atoms with van der Waals surface area (Å²) < 4.78 is 15.9. The highest BCUT2D eigenvalue weighted by atomic mass is 35.5. The molecule has 0 fully saturated rings. The van der Waals surface area contributed by atoms with Gasteiger partial charge in [-0.2, -0.15) is 0 Å². The van der Waals surface area contributed by atoms with E-state index in [1.165, 1.54) is 6.07 Å². The Kier molecular flexibility index (Phi) is 4.13. The predicted octanol–water partition coefficient (Wildman–Crippen LogP) is 4.66. The average Bonchev–Trinajstić information content (AvgIpc) is 2.79. The molecular formula is C16H13Cl2FN2. The van der Waals surface area contributed by atoms with Crippen molar-refractivity contribution in [2.24, 2.45) is 0 Å². The Morgan fingerprint density at radius 2 is 1.95 bits per heavy atom. The number of alkyl halides is 1. The van der Waals surface area contributed by atoms with Gasteiger partial charge in [-0.25, -0.2) is 9.37 Å². The lowest BCUT2D eigenvalue weighted by molar-refractivity contribution is 0.598. The van der Waals surface area contributed by atoms with Crippen LogP contribution in [0.3, 0.4) is 0 Å². The van der Waals surface area contributed by atoms with Gasteiger partial charge in [0.25, 0.3) is 0 Å². The van der Waals surface area contributed by atoms with Crippen LogP contribution in [-0.4, -0.2) is 15.4 Å². The fraction of sp³-hybridized carbons (Fsp3) is 0.188. The molecule has 0 amide bonds. The molecule has 0 unspecified atom stereocenters. The van der Waals surface area contributed by atoms with E-state index in [2.05, 4.69) is 4.98 Å². The summed E-state index contributed by atoms with van der Waals surface area (Å²) in [5.74, 6) is 1.09. The quantitative estimate of drug-likeness (QED) is 0.639. The number of imidazole rings is 1. The maximum Gasteiger partial charge on any atom is 0.128 e. The largest absolute Gasteiger partial charge is 0.323 e. The van der Waals surface area contributed by atoms with Crippen LogP contribution in [0.1, 0.15) is 11.4 Å². The summed E-state index contributed by atoms with van der Waals surface area (Å²) in [7, 11) is 0. The fourth-order valence-electron chi connectivity index (χ4n) is 2.40. The average molecular weight is 323 g/mol. The maximum absolute atomic E-state index is 13.9. The zero-order chi connectivity index (χ0) is 14.8. The minimum absolute atomic E-state index is 0.217. The molecule has 2 nitrogen and oxygen atoms in total. The molecule has 0 bridgehead atoms. The van der Waals surface area contributed by atoms with Gasteiger partial charge in [0.05, 0.1) is 17.6 Å². The molecular weight excluding hydrogens is 310 g/mol. The van der Waals surface area contributed by atoms with Crippen LogP contribution >= 0.6 is 23.2 Å². The summed E-state index contributed by atoms with van der Waals surface area (Å²) in [6, 6.07) is 12.3. The molecule has 0 atom stereocenters. The van der Waals surface area contributed by atoms with E-state index in [-0.39, 0.29) is 5.82 Å². The number of hydrogen-bond acceptors (Lipinski definition) is 1. The molecule has 0 aliphatic heterocycles. The minimum Gasteiger partial charge on any atom is -0.323 e. The van der Waals surface area contributed by atoms with Crippen molar-refractivity contribution in [1.29, 1.82) is 0 Å². The minimum atomic E-state index is -0.217. The van der Waals surface area contributed by atoms with E-state index < -0.39 is 0 Å². The van der Waals surface area contributed by atoms with Gasteiger partial charge in [0.2, 0.25) is 0 Å². The van der Waals surface area contributed by atoms with Gasteiger partial charge < -0.3 is 4.57 Å². The van der Waals surface area contributed by atoms with Gasteiger partial charge in [-0.1, -0.05) is 29.8 Å². The number of nitrogens with zero attached hydrogens (tertiary/aromatic N) is 2. The standard InChI is InChI=1S/C16H13Cl2FN2/c17-8-7-16-20-14-9-12(18)5-6-15(14)21(16)10-11-3-1-2-4-13(11)19/h1-6,9H,7-8,10H2. The van der Waals surface area contributed by atoms with Crippen molar-refractivity contribution < 1.29 is 4.39 Å². The first-order valence-electron chi connectivity index (χ1n) is 6.63. The van der Waals surface area contributed by atoms with Crippen LogP contribution in [0.5, 0.6) is 0 Å². The van der Waals surface area contributed by atoms with Crippen molar-refractivity contribution in [3.8, 4) is 0 Å². The van der Waals surface area contributed by atoms with Crippen LogP contribution in [0.25, 0.3) is 11.0 Å².